The van der Waals surface area contributed by atoms with Crippen molar-refractivity contribution in [2.75, 3.05) is 30.4 Å². The highest BCUT2D eigenvalue weighted by Gasteiger charge is 2.35. The average molecular weight is 709 g/mol. The summed E-state index contributed by atoms with van der Waals surface area (Å²) in [5.41, 5.74) is 1.83. The summed E-state index contributed by atoms with van der Waals surface area (Å²) in [6.45, 7) is 16.0. The van der Waals surface area contributed by atoms with Gasteiger partial charge in [0.2, 0.25) is 0 Å². The predicted molar refractivity (Wildman–Crippen MR) is 193 cm³/mol. The molecule has 1 saturated heterocycles. The topological polar surface area (TPSA) is 138 Å². The van der Waals surface area contributed by atoms with Crippen molar-refractivity contribution in [3.8, 4) is 0 Å². The number of nitrogens with zero attached hydrogens (tertiary/aromatic N) is 3. The number of nitrogens with one attached hydrogen (secondary N) is 3. The van der Waals surface area contributed by atoms with Crippen molar-refractivity contribution >= 4 is 51.2 Å². The van der Waals surface area contributed by atoms with Crippen molar-refractivity contribution in [1.29, 1.82) is 0 Å². The first-order valence-electron chi connectivity index (χ1n) is 16.7. The number of piperidine rings is 1. The zero-order chi connectivity index (χ0) is 36.1. The van der Waals surface area contributed by atoms with Gasteiger partial charge in [0.15, 0.2) is 0 Å². The molecule has 1 fully saturated rings. The quantitative estimate of drug-likeness (QED) is 0.292. The van der Waals surface area contributed by atoms with Gasteiger partial charge in [-0.2, -0.15) is 0 Å². The minimum absolute atomic E-state index is 0.238. The van der Waals surface area contributed by atoms with Crippen molar-refractivity contribution < 1.29 is 32.4 Å². The average Bonchev–Trinajstić information content (AvgIpc) is 3.47. The fraction of sp³-hybridized carbons (Fsp3) is 0.472. The van der Waals surface area contributed by atoms with E-state index in [0.29, 0.717) is 64.7 Å². The number of hydrogen-bond donors (Lipinski definition) is 3. The Bertz CT molecular complexity index is 1900. The van der Waals surface area contributed by atoms with Crippen LogP contribution in [-0.4, -0.2) is 75.8 Å². The number of rotatable bonds is 4. The maximum absolute atomic E-state index is 15.4. The number of amides is 2. The first kappa shape index (κ1) is 35.2. The number of carbonyl (C=O) groups is 2. The van der Waals surface area contributed by atoms with E-state index in [0.717, 1.165) is 24.0 Å². The molecule has 4 aliphatic rings. The molecule has 0 spiro atoms. The molecule has 1 aromatic carbocycles. The maximum Gasteiger partial charge on any atom is 0.414 e. The molecule has 3 aliphatic heterocycles. The van der Waals surface area contributed by atoms with E-state index in [4.69, 9.17) is 19.2 Å². The van der Waals surface area contributed by atoms with Gasteiger partial charge in [0.1, 0.15) is 34.4 Å². The van der Waals surface area contributed by atoms with E-state index in [1.165, 1.54) is 24.1 Å². The van der Waals surface area contributed by atoms with Gasteiger partial charge in [0.25, 0.3) is 6.35 Å². The third-order valence-corrected chi connectivity index (χ3v) is 9.60. The number of allylic oxidation sites excluding steroid dienone is 4. The van der Waals surface area contributed by atoms with Crippen LogP contribution in [0, 0.1) is 5.82 Å². The molecule has 3 atom stereocenters. The molecule has 0 radical (unpaired) electrons. The van der Waals surface area contributed by atoms with Crippen LogP contribution in [-0.2, 0) is 25.0 Å². The van der Waals surface area contributed by atoms with E-state index in [1.54, 1.807) is 32.3 Å². The van der Waals surface area contributed by atoms with Crippen LogP contribution in [0.1, 0.15) is 72.8 Å². The molecule has 50 heavy (non-hydrogen) atoms. The summed E-state index contributed by atoms with van der Waals surface area (Å²) < 4.78 is 45.7. The highest BCUT2D eigenvalue weighted by Crippen LogP contribution is 2.39. The first-order valence-corrected chi connectivity index (χ1v) is 17.9. The lowest BCUT2D eigenvalue weighted by atomic mass is 10.0. The first-order chi connectivity index (χ1) is 23.4. The van der Waals surface area contributed by atoms with Gasteiger partial charge in [-0.25, -0.2) is 23.2 Å². The Labute approximate surface area is 293 Å². The summed E-state index contributed by atoms with van der Waals surface area (Å²) in [4.78, 5) is 38.2. The molecule has 6 rings (SSSR count). The smallest absolute Gasteiger partial charge is 0.414 e. The van der Waals surface area contributed by atoms with Crippen molar-refractivity contribution in [3.63, 3.8) is 0 Å². The molecule has 2 aromatic rings. The van der Waals surface area contributed by atoms with Gasteiger partial charge in [-0.3, -0.25) is 4.90 Å². The van der Waals surface area contributed by atoms with Crippen LogP contribution >= 0.6 is 0 Å². The van der Waals surface area contributed by atoms with Gasteiger partial charge in [-0.05, 0) is 90.7 Å². The number of hydrogen-bond acceptors (Lipinski definition) is 9. The van der Waals surface area contributed by atoms with E-state index >= 15 is 4.39 Å². The highest BCUT2D eigenvalue weighted by molar-refractivity contribution is 7.92. The molecule has 0 saturated carbocycles. The molecule has 3 N–H and O–H groups in total. The van der Waals surface area contributed by atoms with E-state index in [-0.39, 0.29) is 11.7 Å². The Morgan fingerprint density at radius 1 is 1.14 bits per heavy atom. The van der Waals surface area contributed by atoms with Crippen LogP contribution in [0.15, 0.2) is 63.1 Å². The molecule has 3 unspecified atom stereocenters. The molecule has 0 bridgehead atoms. The fourth-order valence-corrected chi connectivity index (χ4v) is 7.47. The van der Waals surface area contributed by atoms with Gasteiger partial charge < -0.3 is 34.7 Å². The number of carbonyl (C=O) groups excluding carboxylic acids is 2. The lowest BCUT2D eigenvalue weighted by Gasteiger charge is -2.37. The number of amidine groups is 1. The summed E-state index contributed by atoms with van der Waals surface area (Å²) >= 11 is 0. The number of benzene rings is 1. The third-order valence-electron chi connectivity index (χ3n) is 8.40. The summed E-state index contributed by atoms with van der Waals surface area (Å²) in [6.07, 6.45) is 4.11. The second kappa shape index (κ2) is 13.3. The summed E-state index contributed by atoms with van der Waals surface area (Å²) in [6, 6.07) is 2.45. The minimum Gasteiger partial charge on any atom is -0.455 e. The van der Waals surface area contributed by atoms with Gasteiger partial charge in [-0.15, -0.1) is 0 Å². The Morgan fingerprint density at radius 3 is 2.60 bits per heavy atom. The zero-order valence-electron chi connectivity index (χ0n) is 29.6. The van der Waals surface area contributed by atoms with Gasteiger partial charge in [0.05, 0.1) is 27.6 Å². The Kier molecular flexibility index (Phi) is 9.35. The number of likely N-dealkylation sites (tertiary alicyclic amines) is 1. The third kappa shape index (κ3) is 7.74. The predicted octanol–water partition coefficient (Wildman–Crippen LogP) is 6.90. The van der Waals surface area contributed by atoms with Crippen LogP contribution in [0.3, 0.4) is 0 Å². The lowest BCUT2D eigenvalue weighted by Crippen LogP contribution is -2.51. The Morgan fingerprint density at radius 2 is 1.88 bits per heavy atom. The maximum atomic E-state index is 15.4. The van der Waals surface area contributed by atoms with Crippen LogP contribution in [0.25, 0.3) is 10.9 Å². The number of H-pyrrole nitrogens is 1. The molecule has 268 valence electrons. The van der Waals surface area contributed by atoms with Crippen molar-refractivity contribution in [3.05, 3.63) is 69.5 Å². The van der Waals surface area contributed by atoms with Crippen LogP contribution in [0.5, 0.6) is 0 Å². The summed E-state index contributed by atoms with van der Waals surface area (Å²) in [5.74, 6) is 1.05. The lowest BCUT2D eigenvalue weighted by molar-refractivity contribution is 0.0484. The second-order valence-corrected chi connectivity index (χ2v) is 16.3. The standard InChI is InChI=1S/C36H45FN6O6S/c1-20-14-21-11-13-50(46)27(21)18-24(15-20)47-32-40-30-28(31(41-32)43-12-9-10-23(19-43)38-33(44)48-35(2,3)4)25-16-22(37)17-26(29(25)39-30)42(8)34(45)49-36(5,6)7/h11,13,16-18,23,32,39-40H,1,9-10,12,14-15,19H2,2-8H3,(H,38,44). The molecular weight excluding hydrogens is 663 g/mol. The fourth-order valence-electron chi connectivity index (χ4n) is 6.39. The van der Waals surface area contributed by atoms with Gasteiger partial charge in [0, 0.05) is 48.3 Å². The summed E-state index contributed by atoms with van der Waals surface area (Å²) in [5, 5.41) is 8.46. The monoisotopic (exact) mass is 708 g/mol. The Balaban J connectivity index is 1.39. The number of aromatic amines is 1. The number of alkyl carbamates (subject to hydrolysis) is 1. The van der Waals surface area contributed by atoms with Crippen LogP contribution < -0.4 is 15.5 Å². The molecular formula is C36H45FN6O6S. The molecule has 2 amide bonds. The van der Waals surface area contributed by atoms with Gasteiger partial charge in [-0.1, -0.05) is 12.2 Å². The van der Waals surface area contributed by atoms with E-state index in [2.05, 4.69) is 22.2 Å². The number of aromatic nitrogens is 1. The minimum atomic E-state index is -1.28. The van der Waals surface area contributed by atoms with Crippen molar-refractivity contribution in [2.24, 2.45) is 4.99 Å². The number of halogens is 1. The highest BCUT2D eigenvalue weighted by atomic mass is 32.2. The molecule has 14 heteroatoms. The van der Waals surface area contributed by atoms with Crippen molar-refractivity contribution in [1.82, 2.24) is 15.2 Å². The van der Waals surface area contributed by atoms with Crippen LogP contribution in [0.4, 0.5) is 25.5 Å². The van der Waals surface area contributed by atoms with E-state index < -0.39 is 46.4 Å². The van der Waals surface area contributed by atoms with Gasteiger partial charge >= 0.3 is 12.2 Å². The van der Waals surface area contributed by atoms with E-state index in [1.807, 2.05) is 31.7 Å². The molecule has 1 aliphatic carbocycles. The zero-order valence-corrected chi connectivity index (χ0v) is 30.4. The normalized spacial score (nSPS) is 22.2. The molecule has 1 aromatic heterocycles. The SMILES string of the molecule is C=C1CC(OC2N=C(N3CCCC(NC(=O)OC(C)(C)C)C3)c3c([nH]c4c(N(C)C(=O)OC(C)(C)C)cc(F)cc34)N2)=CC2=C(C=CS2=O)C1. The summed E-state index contributed by atoms with van der Waals surface area (Å²) in [7, 11) is 0.254. The molecule has 4 heterocycles. The number of aliphatic imine (C=N–C) groups is 1. The second-order valence-electron chi connectivity index (χ2n) is 15.0. The van der Waals surface area contributed by atoms with Crippen molar-refractivity contribution in [2.45, 2.75) is 90.8 Å². The van der Waals surface area contributed by atoms with E-state index in [9.17, 15) is 13.8 Å². The number of ether oxygens (including phenoxy) is 3. The largest absolute Gasteiger partial charge is 0.455 e. The van der Waals surface area contributed by atoms with Crippen LogP contribution in [0.2, 0.25) is 0 Å². The number of fused-ring (bicyclic) bond motifs is 3. The number of anilines is 2. The Hall–Kier alpha value is -4.59. The molecule has 12 nitrogen and oxygen atoms in total.